The van der Waals surface area contributed by atoms with Crippen LogP contribution in [-0.4, -0.2) is 36.0 Å². The SMILES string of the molecule is COc1ccnc(C(=O)N[C@@H](C)C(=O)OC(C)=C(c2ccccc2)c2ccccc2)c1OC(C)=O. The van der Waals surface area contributed by atoms with Gasteiger partial charge < -0.3 is 19.5 Å². The average Bonchev–Trinajstić information content (AvgIpc) is 2.85. The molecule has 1 amide bonds. The molecule has 0 spiro atoms. The van der Waals surface area contributed by atoms with Crippen LogP contribution in [0.1, 0.15) is 42.4 Å². The number of amides is 1. The molecule has 0 aliphatic heterocycles. The Labute approximate surface area is 203 Å². The van der Waals surface area contributed by atoms with Crippen molar-refractivity contribution < 1.29 is 28.6 Å². The zero-order chi connectivity index (χ0) is 25.4. The number of allylic oxidation sites excluding steroid dienone is 1. The van der Waals surface area contributed by atoms with Crippen molar-refractivity contribution in [1.82, 2.24) is 10.3 Å². The molecule has 35 heavy (non-hydrogen) atoms. The monoisotopic (exact) mass is 474 g/mol. The summed E-state index contributed by atoms with van der Waals surface area (Å²) < 4.78 is 15.9. The minimum absolute atomic E-state index is 0.132. The molecule has 0 saturated heterocycles. The number of methoxy groups -OCH3 is 1. The van der Waals surface area contributed by atoms with Crippen LogP contribution in [-0.2, 0) is 14.3 Å². The Morgan fingerprint density at radius 2 is 1.46 bits per heavy atom. The molecule has 1 atom stereocenters. The second-order valence-electron chi connectivity index (χ2n) is 7.56. The van der Waals surface area contributed by atoms with Gasteiger partial charge in [0.15, 0.2) is 11.4 Å². The van der Waals surface area contributed by atoms with E-state index >= 15 is 0 Å². The fourth-order valence-corrected chi connectivity index (χ4v) is 3.39. The lowest BCUT2D eigenvalue weighted by Crippen LogP contribution is -2.40. The Hall–Kier alpha value is -4.46. The minimum Gasteiger partial charge on any atom is -0.493 e. The maximum Gasteiger partial charge on any atom is 0.333 e. The minimum atomic E-state index is -1.02. The molecule has 8 heteroatoms. The third kappa shape index (κ3) is 6.32. The quantitative estimate of drug-likeness (QED) is 0.386. The number of nitrogens with zero attached hydrogens (tertiary/aromatic N) is 1. The highest BCUT2D eigenvalue weighted by Crippen LogP contribution is 2.30. The molecule has 0 aliphatic rings. The van der Waals surface area contributed by atoms with Crippen molar-refractivity contribution in [3.63, 3.8) is 0 Å². The largest absolute Gasteiger partial charge is 0.493 e. The van der Waals surface area contributed by atoms with Crippen molar-refractivity contribution in [3.8, 4) is 11.5 Å². The van der Waals surface area contributed by atoms with Crippen molar-refractivity contribution in [3.05, 3.63) is 95.5 Å². The van der Waals surface area contributed by atoms with Gasteiger partial charge in [0, 0.05) is 24.8 Å². The molecule has 3 aromatic rings. The van der Waals surface area contributed by atoms with Crippen molar-refractivity contribution in [1.29, 1.82) is 0 Å². The second-order valence-corrected chi connectivity index (χ2v) is 7.56. The first-order valence-electron chi connectivity index (χ1n) is 10.9. The zero-order valence-electron chi connectivity index (χ0n) is 19.9. The molecule has 0 saturated carbocycles. The Kier molecular flexibility index (Phi) is 8.34. The Bertz CT molecular complexity index is 1200. The van der Waals surface area contributed by atoms with Crippen molar-refractivity contribution >= 4 is 23.4 Å². The standard InChI is InChI=1S/C27H26N2O6/c1-17(29-26(31)24-25(35-19(3)30)22(33-4)15-16-28-24)27(32)34-18(2)23(20-11-7-5-8-12-20)21-13-9-6-10-14-21/h5-17H,1-4H3,(H,29,31)/t17-/m0/s1. The summed E-state index contributed by atoms with van der Waals surface area (Å²) in [6.45, 7) is 4.38. The van der Waals surface area contributed by atoms with E-state index in [2.05, 4.69) is 10.3 Å². The van der Waals surface area contributed by atoms with Crippen LogP contribution in [0.4, 0.5) is 0 Å². The lowest BCUT2D eigenvalue weighted by Gasteiger charge is -2.17. The maximum absolute atomic E-state index is 12.9. The highest BCUT2D eigenvalue weighted by molar-refractivity contribution is 5.98. The van der Waals surface area contributed by atoms with Gasteiger partial charge in [-0.3, -0.25) is 9.59 Å². The molecule has 0 radical (unpaired) electrons. The zero-order valence-corrected chi connectivity index (χ0v) is 19.9. The van der Waals surface area contributed by atoms with Gasteiger partial charge in [-0.1, -0.05) is 60.7 Å². The van der Waals surface area contributed by atoms with Crippen LogP contribution in [0.5, 0.6) is 11.5 Å². The molecule has 3 rings (SSSR count). The molecule has 180 valence electrons. The fourth-order valence-electron chi connectivity index (χ4n) is 3.39. The summed E-state index contributed by atoms with van der Waals surface area (Å²) in [5.41, 5.74) is 2.32. The van der Waals surface area contributed by atoms with Crippen LogP contribution in [0.3, 0.4) is 0 Å². The fraction of sp³-hybridized carbons (Fsp3) is 0.185. The van der Waals surface area contributed by atoms with Gasteiger partial charge in [0.2, 0.25) is 5.75 Å². The number of nitrogens with one attached hydrogen (secondary N) is 1. The predicted octanol–water partition coefficient (Wildman–Crippen LogP) is 4.16. The Balaban J connectivity index is 1.83. The van der Waals surface area contributed by atoms with E-state index in [-0.39, 0.29) is 17.2 Å². The van der Waals surface area contributed by atoms with Gasteiger partial charge in [-0.15, -0.1) is 0 Å². The topological polar surface area (TPSA) is 104 Å². The third-order valence-electron chi connectivity index (χ3n) is 4.98. The molecular weight excluding hydrogens is 448 g/mol. The Morgan fingerprint density at radius 1 is 0.886 bits per heavy atom. The summed E-state index contributed by atoms with van der Waals surface area (Å²) in [5, 5.41) is 2.54. The number of hydrogen-bond donors (Lipinski definition) is 1. The number of benzene rings is 2. The highest BCUT2D eigenvalue weighted by Gasteiger charge is 2.25. The first-order chi connectivity index (χ1) is 16.8. The molecular formula is C27H26N2O6. The van der Waals surface area contributed by atoms with Crippen LogP contribution >= 0.6 is 0 Å². The van der Waals surface area contributed by atoms with Crippen LogP contribution in [0.2, 0.25) is 0 Å². The number of esters is 2. The van der Waals surface area contributed by atoms with Crippen molar-refractivity contribution in [2.24, 2.45) is 0 Å². The molecule has 1 aromatic heterocycles. The number of aromatic nitrogens is 1. The van der Waals surface area contributed by atoms with Gasteiger partial charge in [0.1, 0.15) is 11.8 Å². The first kappa shape index (κ1) is 25.2. The normalized spacial score (nSPS) is 11.1. The number of carbonyl (C=O) groups is 3. The van der Waals surface area contributed by atoms with Crippen molar-refractivity contribution in [2.45, 2.75) is 26.8 Å². The van der Waals surface area contributed by atoms with Crippen LogP contribution < -0.4 is 14.8 Å². The van der Waals surface area contributed by atoms with Crippen LogP contribution in [0.25, 0.3) is 5.57 Å². The van der Waals surface area contributed by atoms with Gasteiger partial charge in [-0.25, -0.2) is 9.78 Å². The van der Waals surface area contributed by atoms with Gasteiger partial charge in [-0.05, 0) is 25.0 Å². The van der Waals surface area contributed by atoms with E-state index in [4.69, 9.17) is 14.2 Å². The summed E-state index contributed by atoms with van der Waals surface area (Å²) >= 11 is 0. The van der Waals surface area contributed by atoms with Crippen LogP contribution in [0.15, 0.2) is 78.7 Å². The highest BCUT2D eigenvalue weighted by atomic mass is 16.6. The smallest absolute Gasteiger partial charge is 0.333 e. The molecule has 0 bridgehead atoms. The van der Waals surface area contributed by atoms with Gasteiger partial charge in [0.05, 0.1) is 7.11 Å². The van der Waals surface area contributed by atoms with Crippen molar-refractivity contribution in [2.75, 3.05) is 7.11 Å². The molecule has 0 unspecified atom stereocenters. The van der Waals surface area contributed by atoms with Gasteiger partial charge in [0.25, 0.3) is 5.91 Å². The van der Waals surface area contributed by atoms with Crippen LogP contribution in [0, 0.1) is 0 Å². The van der Waals surface area contributed by atoms with E-state index in [0.717, 1.165) is 16.7 Å². The molecule has 0 fully saturated rings. The molecule has 0 aliphatic carbocycles. The summed E-state index contributed by atoms with van der Waals surface area (Å²) in [5.74, 6) is -1.63. The summed E-state index contributed by atoms with van der Waals surface area (Å²) in [6, 6.07) is 19.5. The van der Waals surface area contributed by atoms with E-state index in [1.54, 1.807) is 6.92 Å². The predicted molar refractivity (Wildman–Crippen MR) is 130 cm³/mol. The summed E-state index contributed by atoms with van der Waals surface area (Å²) in [4.78, 5) is 41.2. The molecule has 2 aromatic carbocycles. The third-order valence-corrected chi connectivity index (χ3v) is 4.98. The van der Waals surface area contributed by atoms with Gasteiger partial charge >= 0.3 is 11.9 Å². The maximum atomic E-state index is 12.9. The molecule has 8 nitrogen and oxygen atoms in total. The van der Waals surface area contributed by atoms with E-state index in [0.29, 0.717) is 5.76 Å². The number of pyridine rings is 1. The molecule has 1 heterocycles. The summed E-state index contributed by atoms with van der Waals surface area (Å²) in [6.07, 6.45) is 1.34. The number of hydrogen-bond acceptors (Lipinski definition) is 7. The lowest BCUT2D eigenvalue weighted by molar-refractivity contribution is -0.141. The van der Waals surface area contributed by atoms with E-state index < -0.39 is 23.9 Å². The Morgan fingerprint density at radius 3 is 1.97 bits per heavy atom. The van der Waals surface area contributed by atoms with E-state index in [1.165, 1.54) is 33.2 Å². The number of carbonyl (C=O) groups excluding carboxylic acids is 3. The summed E-state index contributed by atoms with van der Waals surface area (Å²) in [7, 11) is 1.37. The average molecular weight is 475 g/mol. The van der Waals surface area contributed by atoms with E-state index in [9.17, 15) is 14.4 Å². The molecule has 1 N–H and O–H groups in total. The first-order valence-corrected chi connectivity index (χ1v) is 10.9. The lowest BCUT2D eigenvalue weighted by atomic mass is 9.97. The second kappa shape index (κ2) is 11.6. The van der Waals surface area contributed by atoms with Gasteiger partial charge in [-0.2, -0.15) is 0 Å². The van der Waals surface area contributed by atoms with E-state index in [1.807, 2.05) is 60.7 Å². The number of ether oxygens (including phenoxy) is 3. The number of rotatable bonds is 8.